The SMILES string of the molecule is CCCC(C)C(N)c1nccnc1OC. The number of aromatic nitrogens is 2. The number of nitrogens with zero attached hydrogens (tertiary/aromatic N) is 2. The normalized spacial score (nSPS) is 14.7. The molecule has 0 aliphatic heterocycles. The minimum atomic E-state index is -0.103. The molecule has 2 unspecified atom stereocenters. The van der Waals surface area contributed by atoms with Gasteiger partial charge in [-0.1, -0.05) is 20.3 Å². The molecule has 0 fully saturated rings. The van der Waals surface area contributed by atoms with Crippen molar-refractivity contribution in [2.45, 2.75) is 32.7 Å². The Morgan fingerprint density at radius 1 is 1.40 bits per heavy atom. The van der Waals surface area contributed by atoms with E-state index in [1.165, 1.54) is 0 Å². The summed E-state index contributed by atoms with van der Waals surface area (Å²) in [6, 6.07) is -0.103. The van der Waals surface area contributed by atoms with Crippen LogP contribution in [0, 0.1) is 5.92 Å². The summed E-state index contributed by atoms with van der Waals surface area (Å²) >= 11 is 0. The Morgan fingerprint density at radius 2 is 2.07 bits per heavy atom. The van der Waals surface area contributed by atoms with Gasteiger partial charge in [-0.25, -0.2) is 4.98 Å². The van der Waals surface area contributed by atoms with E-state index < -0.39 is 0 Å². The quantitative estimate of drug-likeness (QED) is 0.804. The van der Waals surface area contributed by atoms with Crippen LogP contribution >= 0.6 is 0 Å². The first-order valence-electron chi connectivity index (χ1n) is 5.31. The molecule has 0 aliphatic rings. The standard InChI is InChI=1S/C11H19N3O/c1-4-5-8(2)9(12)10-11(15-3)14-7-6-13-10/h6-9H,4-5,12H2,1-3H3. The fourth-order valence-electron chi connectivity index (χ4n) is 1.63. The Labute approximate surface area is 90.9 Å². The molecule has 0 saturated heterocycles. The molecule has 0 saturated carbocycles. The van der Waals surface area contributed by atoms with Gasteiger partial charge in [0, 0.05) is 12.4 Å². The van der Waals surface area contributed by atoms with Crippen LogP contribution in [0.15, 0.2) is 12.4 Å². The van der Waals surface area contributed by atoms with Crippen molar-refractivity contribution in [3.05, 3.63) is 18.1 Å². The van der Waals surface area contributed by atoms with Crippen molar-refractivity contribution >= 4 is 0 Å². The van der Waals surface area contributed by atoms with Gasteiger partial charge in [0.1, 0.15) is 5.69 Å². The molecule has 4 nitrogen and oxygen atoms in total. The molecule has 84 valence electrons. The van der Waals surface area contributed by atoms with E-state index in [2.05, 4.69) is 23.8 Å². The highest BCUT2D eigenvalue weighted by Crippen LogP contribution is 2.26. The van der Waals surface area contributed by atoms with Crippen LogP contribution in [0.4, 0.5) is 0 Å². The number of hydrogen-bond acceptors (Lipinski definition) is 4. The Morgan fingerprint density at radius 3 is 2.67 bits per heavy atom. The molecule has 1 aromatic rings. The molecule has 1 heterocycles. The minimum Gasteiger partial charge on any atom is -0.480 e. The van der Waals surface area contributed by atoms with Crippen LogP contribution in [-0.4, -0.2) is 17.1 Å². The predicted octanol–water partition coefficient (Wildman–Crippen LogP) is 1.92. The van der Waals surface area contributed by atoms with Gasteiger partial charge >= 0.3 is 0 Å². The summed E-state index contributed by atoms with van der Waals surface area (Å²) in [5.74, 6) is 0.925. The lowest BCUT2D eigenvalue weighted by molar-refractivity contribution is 0.363. The average Bonchev–Trinajstić information content (AvgIpc) is 2.28. The van der Waals surface area contributed by atoms with Gasteiger partial charge in [-0.05, 0) is 12.3 Å². The van der Waals surface area contributed by atoms with Crippen molar-refractivity contribution in [1.82, 2.24) is 9.97 Å². The third-order valence-electron chi connectivity index (χ3n) is 2.56. The van der Waals surface area contributed by atoms with Gasteiger partial charge in [-0.15, -0.1) is 0 Å². The van der Waals surface area contributed by atoms with Gasteiger partial charge in [0.15, 0.2) is 0 Å². The molecule has 0 radical (unpaired) electrons. The van der Waals surface area contributed by atoms with E-state index in [0.717, 1.165) is 18.5 Å². The lowest BCUT2D eigenvalue weighted by Gasteiger charge is -2.19. The van der Waals surface area contributed by atoms with Crippen LogP contribution in [0.1, 0.15) is 38.4 Å². The summed E-state index contributed by atoms with van der Waals surface area (Å²) < 4.78 is 5.14. The maximum absolute atomic E-state index is 6.12. The third kappa shape index (κ3) is 2.89. The number of rotatable bonds is 5. The predicted molar refractivity (Wildman–Crippen MR) is 59.6 cm³/mol. The van der Waals surface area contributed by atoms with Gasteiger partial charge in [0.2, 0.25) is 5.88 Å². The fourth-order valence-corrected chi connectivity index (χ4v) is 1.63. The number of hydrogen-bond donors (Lipinski definition) is 1. The molecule has 0 amide bonds. The van der Waals surface area contributed by atoms with Crippen LogP contribution in [0.25, 0.3) is 0 Å². The molecule has 2 N–H and O–H groups in total. The number of ether oxygens (including phenoxy) is 1. The lowest BCUT2D eigenvalue weighted by atomic mass is 9.95. The van der Waals surface area contributed by atoms with Crippen molar-refractivity contribution in [1.29, 1.82) is 0 Å². The van der Waals surface area contributed by atoms with E-state index in [0.29, 0.717) is 11.8 Å². The maximum Gasteiger partial charge on any atom is 0.236 e. The highest BCUT2D eigenvalue weighted by molar-refractivity contribution is 5.21. The van der Waals surface area contributed by atoms with Crippen LogP contribution in [0.5, 0.6) is 5.88 Å². The molecule has 0 aliphatic carbocycles. The summed E-state index contributed by atoms with van der Waals surface area (Å²) in [5, 5.41) is 0. The molecular weight excluding hydrogens is 190 g/mol. The molecule has 2 atom stereocenters. The first-order chi connectivity index (χ1) is 7.20. The Bertz CT molecular complexity index is 304. The number of methoxy groups -OCH3 is 1. The van der Waals surface area contributed by atoms with E-state index in [9.17, 15) is 0 Å². The molecular formula is C11H19N3O. The van der Waals surface area contributed by atoms with Gasteiger partial charge < -0.3 is 10.5 Å². The molecule has 1 aromatic heterocycles. The van der Waals surface area contributed by atoms with Crippen molar-refractivity contribution in [2.24, 2.45) is 11.7 Å². The summed E-state index contributed by atoms with van der Waals surface area (Å²) in [6.45, 7) is 4.28. The largest absolute Gasteiger partial charge is 0.480 e. The van der Waals surface area contributed by atoms with Crippen LogP contribution < -0.4 is 10.5 Å². The molecule has 4 heteroatoms. The second-order valence-corrected chi connectivity index (χ2v) is 3.74. The van der Waals surface area contributed by atoms with Crippen LogP contribution in [0.3, 0.4) is 0 Å². The van der Waals surface area contributed by atoms with Gasteiger partial charge in [0.25, 0.3) is 0 Å². The first-order valence-corrected chi connectivity index (χ1v) is 5.31. The van der Waals surface area contributed by atoms with E-state index >= 15 is 0 Å². The number of nitrogens with two attached hydrogens (primary N) is 1. The lowest BCUT2D eigenvalue weighted by Crippen LogP contribution is -2.21. The highest BCUT2D eigenvalue weighted by Gasteiger charge is 2.19. The molecule has 0 spiro atoms. The fraction of sp³-hybridized carbons (Fsp3) is 0.636. The summed E-state index contributed by atoms with van der Waals surface area (Å²) in [7, 11) is 1.59. The van der Waals surface area contributed by atoms with E-state index in [1.54, 1.807) is 19.5 Å². The second-order valence-electron chi connectivity index (χ2n) is 3.74. The summed E-state index contributed by atoms with van der Waals surface area (Å²) in [5.41, 5.74) is 6.87. The zero-order chi connectivity index (χ0) is 11.3. The molecule has 0 aromatic carbocycles. The topological polar surface area (TPSA) is 61.0 Å². The van der Waals surface area contributed by atoms with Gasteiger partial charge in [-0.2, -0.15) is 0 Å². The van der Waals surface area contributed by atoms with E-state index in [4.69, 9.17) is 10.5 Å². The van der Waals surface area contributed by atoms with Crippen molar-refractivity contribution in [3.8, 4) is 5.88 Å². The molecule has 15 heavy (non-hydrogen) atoms. The third-order valence-corrected chi connectivity index (χ3v) is 2.56. The van der Waals surface area contributed by atoms with Gasteiger partial charge in [-0.3, -0.25) is 4.98 Å². The maximum atomic E-state index is 6.12. The van der Waals surface area contributed by atoms with Crippen molar-refractivity contribution in [3.63, 3.8) is 0 Å². The van der Waals surface area contributed by atoms with Crippen molar-refractivity contribution in [2.75, 3.05) is 7.11 Å². The second kappa shape index (κ2) is 5.66. The minimum absolute atomic E-state index is 0.103. The van der Waals surface area contributed by atoms with Crippen LogP contribution in [-0.2, 0) is 0 Å². The van der Waals surface area contributed by atoms with Crippen molar-refractivity contribution < 1.29 is 4.74 Å². The zero-order valence-electron chi connectivity index (χ0n) is 9.60. The Hall–Kier alpha value is -1.16. The van der Waals surface area contributed by atoms with Crippen LogP contribution in [0.2, 0.25) is 0 Å². The molecule has 1 rings (SSSR count). The summed E-state index contributed by atoms with van der Waals surface area (Å²) in [4.78, 5) is 8.34. The monoisotopic (exact) mass is 209 g/mol. The van der Waals surface area contributed by atoms with E-state index in [1.807, 2.05) is 0 Å². The summed E-state index contributed by atoms with van der Waals surface area (Å²) in [6.07, 6.45) is 5.47. The Balaban J connectivity index is 2.84. The van der Waals surface area contributed by atoms with Gasteiger partial charge in [0.05, 0.1) is 13.2 Å². The van der Waals surface area contributed by atoms with E-state index in [-0.39, 0.29) is 6.04 Å². The smallest absolute Gasteiger partial charge is 0.236 e. The first kappa shape index (κ1) is 11.9. The highest BCUT2D eigenvalue weighted by atomic mass is 16.5. The zero-order valence-corrected chi connectivity index (χ0v) is 9.60. The Kier molecular flexibility index (Phi) is 4.49. The molecule has 0 bridgehead atoms. The average molecular weight is 209 g/mol.